The van der Waals surface area contributed by atoms with Crippen LogP contribution in [-0.2, 0) is 4.79 Å². The molecule has 4 heteroatoms. The van der Waals surface area contributed by atoms with Gasteiger partial charge in [0.25, 0.3) is 0 Å². The molecule has 0 aliphatic carbocycles. The molecule has 0 aromatic heterocycles. The number of hydrogen-bond donors (Lipinski definition) is 2. The summed E-state index contributed by atoms with van der Waals surface area (Å²) in [6.07, 6.45) is 0.382. The van der Waals surface area contributed by atoms with Crippen molar-refractivity contribution >= 4 is 5.97 Å². The predicted octanol–water partition coefficient (Wildman–Crippen LogP) is -0.862. The van der Waals surface area contributed by atoms with Gasteiger partial charge in [-0.05, 0) is 6.42 Å². The Hall–Kier alpha value is -0.610. The van der Waals surface area contributed by atoms with Gasteiger partial charge in [0.05, 0.1) is 12.6 Å². The average Bonchev–Trinajstić information content (AvgIpc) is 2.13. The van der Waals surface area contributed by atoms with Gasteiger partial charge >= 0.3 is 5.97 Å². The van der Waals surface area contributed by atoms with Gasteiger partial charge in [-0.1, -0.05) is 0 Å². The van der Waals surface area contributed by atoms with E-state index in [9.17, 15) is 4.79 Å². The van der Waals surface area contributed by atoms with E-state index in [1.165, 1.54) is 0 Å². The summed E-state index contributed by atoms with van der Waals surface area (Å²) in [6.45, 7) is 1.26. The zero-order chi connectivity index (χ0) is 7.56. The highest BCUT2D eigenvalue weighted by atomic mass is 16.4. The van der Waals surface area contributed by atoms with E-state index in [2.05, 4.69) is 0 Å². The van der Waals surface area contributed by atoms with Crippen LogP contribution >= 0.6 is 0 Å². The third kappa shape index (κ3) is 1.97. The van der Waals surface area contributed by atoms with Crippen LogP contribution < -0.4 is 0 Å². The minimum atomic E-state index is -0.825. The predicted molar refractivity (Wildman–Crippen MR) is 34.7 cm³/mol. The Bertz CT molecular complexity index is 137. The molecule has 0 aromatic rings. The van der Waals surface area contributed by atoms with E-state index in [1.807, 2.05) is 0 Å². The second-order valence-electron chi connectivity index (χ2n) is 2.57. The molecule has 1 aliphatic rings. The fourth-order valence-corrected chi connectivity index (χ4v) is 1.15. The lowest BCUT2D eigenvalue weighted by atomic mass is 10.3. The first-order valence-electron chi connectivity index (χ1n) is 3.30. The molecule has 1 unspecified atom stereocenters. The molecule has 1 heterocycles. The van der Waals surface area contributed by atoms with Crippen LogP contribution in [0.15, 0.2) is 0 Å². The van der Waals surface area contributed by atoms with Crippen molar-refractivity contribution < 1.29 is 15.0 Å². The summed E-state index contributed by atoms with van der Waals surface area (Å²) >= 11 is 0. The number of hydrogen-bond acceptors (Lipinski definition) is 3. The summed E-state index contributed by atoms with van der Waals surface area (Å²) < 4.78 is 0. The summed E-state index contributed by atoms with van der Waals surface area (Å²) in [7, 11) is 0. The number of likely N-dealkylation sites (tertiary alicyclic amines) is 1. The number of carbonyl (C=O) groups is 1. The zero-order valence-electron chi connectivity index (χ0n) is 5.66. The van der Waals surface area contributed by atoms with Crippen LogP contribution in [0.4, 0.5) is 0 Å². The number of carboxylic acid groups (broad SMARTS) is 1. The topological polar surface area (TPSA) is 60.8 Å². The van der Waals surface area contributed by atoms with Gasteiger partial charge in [-0.15, -0.1) is 0 Å². The van der Waals surface area contributed by atoms with Crippen LogP contribution in [-0.4, -0.2) is 46.8 Å². The summed E-state index contributed by atoms with van der Waals surface area (Å²) in [6, 6.07) is 0. The number of aliphatic hydroxyl groups is 1. The van der Waals surface area contributed by atoms with Crippen LogP contribution in [0.2, 0.25) is 0 Å². The van der Waals surface area contributed by atoms with Crippen LogP contribution in [0, 0.1) is 0 Å². The molecule has 4 nitrogen and oxygen atoms in total. The molecular weight excluding hydrogens is 134 g/mol. The Balaban J connectivity index is 2.24. The van der Waals surface area contributed by atoms with E-state index < -0.39 is 5.97 Å². The van der Waals surface area contributed by atoms with E-state index in [-0.39, 0.29) is 12.6 Å². The van der Waals surface area contributed by atoms with Crippen LogP contribution in [0.5, 0.6) is 0 Å². The zero-order valence-corrected chi connectivity index (χ0v) is 5.66. The highest BCUT2D eigenvalue weighted by Gasteiger charge is 2.21. The van der Waals surface area contributed by atoms with Gasteiger partial charge in [-0.2, -0.15) is 0 Å². The van der Waals surface area contributed by atoms with Gasteiger partial charge in [-0.25, -0.2) is 0 Å². The lowest BCUT2D eigenvalue weighted by molar-refractivity contribution is -0.138. The Labute approximate surface area is 59.1 Å². The number of aliphatic hydroxyl groups excluding tert-OH is 1. The van der Waals surface area contributed by atoms with Crippen molar-refractivity contribution in [1.29, 1.82) is 0 Å². The van der Waals surface area contributed by atoms with Crippen LogP contribution in [0.1, 0.15) is 6.42 Å². The molecule has 1 rings (SSSR count). The summed E-state index contributed by atoms with van der Waals surface area (Å²) in [5, 5.41) is 17.3. The van der Waals surface area contributed by atoms with Gasteiger partial charge < -0.3 is 10.2 Å². The highest BCUT2D eigenvalue weighted by Crippen LogP contribution is 2.06. The molecule has 0 amide bonds. The first-order valence-corrected chi connectivity index (χ1v) is 3.30. The molecule has 0 radical (unpaired) electrons. The summed E-state index contributed by atoms with van der Waals surface area (Å²) in [4.78, 5) is 11.9. The van der Waals surface area contributed by atoms with E-state index in [1.54, 1.807) is 4.90 Å². The minimum absolute atomic E-state index is 0.0526. The van der Waals surface area contributed by atoms with E-state index in [0.29, 0.717) is 19.5 Å². The molecule has 0 bridgehead atoms. The maximum absolute atomic E-state index is 10.1. The first-order chi connectivity index (χ1) is 4.68. The van der Waals surface area contributed by atoms with Crippen molar-refractivity contribution in [1.82, 2.24) is 4.90 Å². The van der Waals surface area contributed by atoms with Crippen molar-refractivity contribution in [2.45, 2.75) is 12.5 Å². The minimum Gasteiger partial charge on any atom is -0.480 e. The normalized spacial score (nSPS) is 27.1. The molecule has 2 N–H and O–H groups in total. The molecule has 1 fully saturated rings. The van der Waals surface area contributed by atoms with Crippen LogP contribution in [0.3, 0.4) is 0 Å². The Kier molecular flexibility index (Phi) is 2.24. The number of β-amino-alcohol motifs (C(OH)–C–C–N with tert-alkyl or cyclic N) is 1. The third-order valence-electron chi connectivity index (χ3n) is 1.61. The fraction of sp³-hybridized carbons (Fsp3) is 0.833. The Morgan fingerprint density at radius 3 is 2.80 bits per heavy atom. The van der Waals surface area contributed by atoms with Crippen molar-refractivity contribution in [2.24, 2.45) is 0 Å². The van der Waals surface area contributed by atoms with Gasteiger partial charge in [0, 0.05) is 13.1 Å². The SMILES string of the molecule is O=C(O)CN1CCC(O)C1. The molecule has 1 atom stereocenters. The van der Waals surface area contributed by atoms with E-state index in [0.717, 1.165) is 0 Å². The van der Waals surface area contributed by atoms with Crippen molar-refractivity contribution in [3.63, 3.8) is 0 Å². The van der Waals surface area contributed by atoms with Crippen LogP contribution in [0.25, 0.3) is 0 Å². The molecule has 0 spiro atoms. The fourth-order valence-electron chi connectivity index (χ4n) is 1.15. The van der Waals surface area contributed by atoms with Gasteiger partial charge in [0.15, 0.2) is 0 Å². The van der Waals surface area contributed by atoms with Gasteiger partial charge in [0.2, 0.25) is 0 Å². The van der Waals surface area contributed by atoms with E-state index in [4.69, 9.17) is 10.2 Å². The van der Waals surface area contributed by atoms with Crippen molar-refractivity contribution in [3.8, 4) is 0 Å². The number of aliphatic carboxylic acids is 1. The lowest BCUT2D eigenvalue weighted by Gasteiger charge is -2.09. The molecule has 1 aliphatic heterocycles. The molecule has 0 aromatic carbocycles. The second-order valence-corrected chi connectivity index (χ2v) is 2.57. The number of nitrogens with zero attached hydrogens (tertiary/aromatic N) is 1. The second kappa shape index (κ2) is 2.98. The Morgan fingerprint density at radius 1 is 1.70 bits per heavy atom. The summed E-state index contributed by atoms with van der Waals surface area (Å²) in [5.74, 6) is -0.825. The molecular formula is C6H11NO3. The number of rotatable bonds is 2. The standard InChI is InChI=1S/C6H11NO3/c8-5-1-2-7(3-5)4-6(9)10/h5,8H,1-4H2,(H,9,10). The summed E-state index contributed by atoms with van der Waals surface area (Å²) in [5.41, 5.74) is 0. The lowest BCUT2D eigenvalue weighted by Crippen LogP contribution is -2.28. The van der Waals surface area contributed by atoms with Crippen molar-refractivity contribution in [2.75, 3.05) is 19.6 Å². The maximum atomic E-state index is 10.1. The van der Waals surface area contributed by atoms with E-state index >= 15 is 0 Å². The Morgan fingerprint density at radius 2 is 2.40 bits per heavy atom. The largest absolute Gasteiger partial charge is 0.480 e. The third-order valence-corrected chi connectivity index (χ3v) is 1.61. The van der Waals surface area contributed by atoms with Gasteiger partial charge in [-0.3, -0.25) is 9.69 Å². The average molecular weight is 145 g/mol. The quantitative estimate of drug-likeness (QED) is 0.530. The first kappa shape index (κ1) is 7.50. The monoisotopic (exact) mass is 145 g/mol. The highest BCUT2D eigenvalue weighted by molar-refractivity contribution is 5.69. The van der Waals surface area contributed by atoms with Gasteiger partial charge in [0.1, 0.15) is 0 Å². The molecule has 10 heavy (non-hydrogen) atoms. The molecule has 58 valence electrons. The molecule has 1 saturated heterocycles. The smallest absolute Gasteiger partial charge is 0.317 e. The number of carboxylic acids is 1. The maximum Gasteiger partial charge on any atom is 0.317 e. The van der Waals surface area contributed by atoms with Crippen molar-refractivity contribution in [3.05, 3.63) is 0 Å². The molecule has 0 saturated carbocycles.